The van der Waals surface area contributed by atoms with E-state index < -0.39 is 11.0 Å². The van der Waals surface area contributed by atoms with Crippen LogP contribution < -0.4 is 10.2 Å². The third-order valence-electron chi connectivity index (χ3n) is 4.17. The summed E-state index contributed by atoms with van der Waals surface area (Å²) in [6.45, 7) is 7.03. The van der Waals surface area contributed by atoms with Crippen LogP contribution in [0.1, 0.15) is 39.2 Å². The van der Waals surface area contributed by atoms with Crippen LogP contribution >= 0.6 is 0 Å². The fourth-order valence-corrected chi connectivity index (χ4v) is 2.83. The Balaban J connectivity index is 2.03. The summed E-state index contributed by atoms with van der Waals surface area (Å²) in [6, 6.07) is 1.73. The van der Waals surface area contributed by atoms with Gasteiger partial charge in [0.1, 0.15) is 18.1 Å². The summed E-state index contributed by atoms with van der Waals surface area (Å²) < 4.78 is 5.49. The number of nitrogens with one attached hydrogen (secondary N) is 1. The molecule has 0 radical (unpaired) electrons. The van der Waals surface area contributed by atoms with Crippen molar-refractivity contribution in [2.45, 2.75) is 45.3 Å². The number of nitrogens with zero attached hydrogens (tertiary/aromatic N) is 4. The molecular weight excluding hydrogens is 362 g/mol. The molecule has 1 aliphatic rings. The van der Waals surface area contributed by atoms with Crippen LogP contribution in [0.4, 0.5) is 16.3 Å². The zero-order valence-electron chi connectivity index (χ0n) is 17.1. The minimum absolute atomic E-state index is 0.0288. The molecule has 2 heterocycles. The van der Waals surface area contributed by atoms with E-state index in [-0.39, 0.29) is 17.3 Å². The molecule has 0 saturated carbocycles. The third-order valence-corrected chi connectivity index (χ3v) is 4.17. The highest BCUT2D eigenvalue weighted by molar-refractivity contribution is 5.68. The molecule has 1 fully saturated rings. The van der Waals surface area contributed by atoms with Crippen molar-refractivity contribution in [3.05, 3.63) is 34.1 Å². The van der Waals surface area contributed by atoms with Gasteiger partial charge >= 0.3 is 6.09 Å². The summed E-state index contributed by atoms with van der Waals surface area (Å²) in [4.78, 5) is 30.9. The number of alkyl carbamates (subject to hydrolysis) is 1. The number of carbonyl (C=O) groups is 1. The van der Waals surface area contributed by atoms with E-state index in [0.29, 0.717) is 37.3 Å². The number of anilines is 1. The fraction of sp³-hybridized carbons (Fsp3) is 0.579. The predicted octanol–water partition coefficient (Wildman–Crippen LogP) is 3.02. The minimum atomic E-state index is -0.431. The summed E-state index contributed by atoms with van der Waals surface area (Å²) in [5.74, 6) is 0.682. The third kappa shape index (κ3) is 6.40. The molecule has 2 rings (SSSR count). The van der Waals surface area contributed by atoms with Crippen LogP contribution in [0.3, 0.4) is 0 Å². The lowest BCUT2D eigenvalue weighted by Gasteiger charge is -2.33. The highest BCUT2D eigenvalue weighted by Gasteiger charge is 2.25. The minimum Gasteiger partial charge on any atom is -0.446 e. The first kappa shape index (κ1) is 21.5. The molecule has 9 nitrogen and oxygen atoms in total. The number of nitro groups is 1. The molecule has 9 heteroatoms. The molecule has 1 saturated heterocycles. The monoisotopic (exact) mass is 391 g/mol. The SMILES string of the molecule is CN(C)/C=C/c1cc(N2CCC(OC(=O)NC(C)(C)C)CC2)ncc1[N+](=O)[O-]. The summed E-state index contributed by atoms with van der Waals surface area (Å²) >= 11 is 0. The van der Waals surface area contributed by atoms with Crippen LogP contribution in [0.5, 0.6) is 0 Å². The highest BCUT2D eigenvalue weighted by Crippen LogP contribution is 2.26. The summed E-state index contributed by atoms with van der Waals surface area (Å²) in [7, 11) is 3.70. The molecule has 1 N–H and O–H groups in total. The maximum absolute atomic E-state index is 11.9. The number of amides is 1. The van der Waals surface area contributed by atoms with E-state index in [4.69, 9.17) is 4.74 Å². The number of hydrogen-bond donors (Lipinski definition) is 1. The molecule has 0 spiro atoms. The summed E-state index contributed by atoms with van der Waals surface area (Å²) in [6.07, 6.45) is 5.57. The fourth-order valence-electron chi connectivity index (χ4n) is 2.83. The van der Waals surface area contributed by atoms with Gasteiger partial charge in [0.05, 0.1) is 10.5 Å². The van der Waals surface area contributed by atoms with Crippen LogP contribution in [-0.2, 0) is 4.74 Å². The lowest BCUT2D eigenvalue weighted by molar-refractivity contribution is -0.385. The zero-order valence-corrected chi connectivity index (χ0v) is 17.1. The molecule has 1 aromatic heterocycles. The average molecular weight is 391 g/mol. The lowest BCUT2D eigenvalue weighted by atomic mass is 10.1. The van der Waals surface area contributed by atoms with Gasteiger partial charge in [0, 0.05) is 45.6 Å². The van der Waals surface area contributed by atoms with Gasteiger partial charge in [0.25, 0.3) is 5.69 Å². The second-order valence-electron chi connectivity index (χ2n) is 8.10. The predicted molar refractivity (Wildman–Crippen MR) is 108 cm³/mol. The first-order valence-electron chi connectivity index (χ1n) is 9.28. The molecule has 28 heavy (non-hydrogen) atoms. The number of ether oxygens (including phenoxy) is 1. The van der Waals surface area contributed by atoms with Crippen LogP contribution in [-0.4, -0.2) is 59.7 Å². The Morgan fingerprint density at radius 1 is 1.39 bits per heavy atom. The Kier molecular flexibility index (Phi) is 6.82. The van der Waals surface area contributed by atoms with Crippen molar-refractivity contribution < 1.29 is 14.5 Å². The van der Waals surface area contributed by atoms with E-state index in [0.717, 1.165) is 0 Å². The second kappa shape index (κ2) is 8.90. The van der Waals surface area contributed by atoms with E-state index in [1.165, 1.54) is 6.20 Å². The maximum Gasteiger partial charge on any atom is 0.407 e. The molecule has 1 aliphatic heterocycles. The molecule has 1 aromatic rings. The van der Waals surface area contributed by atoms with E-state index in [1.807, 2.05) is 39.8 Å². The van der Waals surface area contributed by atoms with Gasteiger partial charge in [-0.3, -0.25) is 10.1 Å². The number of hydrogen-bond acceptors (Lipinski definition) is 7. The molecule has 154 valence electrons. The normalized spacial score (nSPS) is 15.5. The van der Waals surface area contributed by atoms with Crippen molar-refractivity contribution in [1.29, 1.82) is 0 Å². The van der Waals surface area contributed by atoms with Gasteiger partial charge in [-0.1, -0.05) is 0 Å². The second-order valence-corrected chi connectivity index (χ2v) is 8.10. The molecule has 0 bridgehead atoms. The summed E-state index contributed by atoms with van der Waals surface area (Å²) in [5, 5.41) is 14.0. The van der Waals surface area contributed by atoms with Crippen LogP contribution in [0.2, 0.25) is 0 Å². The quantitative estimate of drug-likeness (QED) is 0.608. The first-order chi connectivity index (χ1) is 13.0. The lowest BCUT2D eigenvalue weighted by Crippen LogP contribution is -2.44. The van der Waals surface area contributed by atoms with Gasteiger partial charge in [0.2, 0.25) is 0 Å². The number of piperidine rings is 1. The number of rotatable bonds is 5. The standard InChI is InChI=1S/C19H29N5O4/c1-19(2,3)21-18(25)28-15-7-10-23(11-8-15)17-12-14(6-9-22(4)5)16(13-20-17)24(26)27/h6,9,12-13,15H,7-8,10-11H2,1-5H3,(H,21,25)/b9-6+. The van der Waals surface area contributed by atoms with Crippen LogP contribution in [0, 0.1) is 10.1 Å². The van der Waals surface area contributed by atoms with E-state index >= 15 is 0 Å². The van der Waals surface area contributed by atoms with Gasteiger partial charge in [0.15, 0.2) is 0 Å². The summed E-state index contributed by atoms with van der Waals surface area (Å²) in [5.41, 5.74) is 0.141. The maximum atomic E-state index is 11.9. The van der Waals surface area contributed by atoms with E-state index in [9.17, 15) is 14.9 Å². The van der Waals surface area contributed by atoms with Gasteiger partial charge in [-0.25, -0.2) is 9.78 Å². The van der Waals surface area contributed by atoms with Crippen molar-refractivity contribution in [2.75, 3.05) is 32.1 Å². The number of aromatic nitrogens is 1. The van der Waals surface area contributed by atoms with Crippen molar-refractivity contribution in [1.82, 2.24) is 15.2 Å². The largest absolute Gasteiger partial charge is 0.446 e. The van der Waals surface area contributed by atoms with Gasteiger partial charge in [-0.15, -0.1) is 0 Å². The Hall–Kier alpha value is -2.84. The van der Waals surface area contributed by atoms with E-state index in [1.54, 1.807) is 18.3 Å². The van der Waals surface area contributed by atoms with Gasteiger partial charge in [-0.2, -0.15) is 0 Å². The van der Waals surface area contributed by atoms with E-state index in [2.05, 4.69) is 15.2 Å². The Morgan fingerprint density at radius 3 is 2.57 bits per heavy atom. The Morgan fingerprint density at radius 2 is 2.04 bits per heavy atom. The topological polar surface area (TPSA) is 101 Å². The Labute approximate surface area is 165 Å². The van der Waals surface area contributed by atoms with Crippen LogP contribution in [0.15, 0.2) is 18.5 Å². The number of pyridine rings is 1. The number of carbonyl (C=O) groups excluding carboxylic acids is 1. The zero-order chi connectivity index (χ0) is 20.9. The molecule has 1 amide bonds. The van der Waals surface area contributed by atoms with Crippen molar-refractivity contribution in [3.63, 3.8) is 0 Å². The smallest absolute Gasteiger partial charge is 0.407 e. The average Bonchev–Trinajstić information content (AvgIpc) is 2.58. The first-order valence-corrected chi connectivity index (χ1v) is 9.28. The highest BCUT2D eigenvalue weighted by atomic mass is 16.6. The van der Waals surface area contributed by atoms with Gasteiger partial charge < -0.3 is 19.9 Å². The molecular formula is C19H29N5O4. The van der Waals surface area contributed by atoms with Crippen molar-refractivity contribution in [2.24, 2.45) is 0 Å². The Bertz CT molecular complexity index is 734. The van der Waals surface area contributed by atoms with Crippen molar-refractivity contribution in [3.8, 4) is 0 Å². The van der Waals surface area contributed by atoms with Crippen molar-refractivity contribution >= 4 is 23.7 Å². The van der Waals surface area contributed by atoms with Crippen LogP contribution in [0.25, 0.3) is 6.08 Å². The molecule has 0 unspecified atom stereocenters. The molecule has 0 aromatic carbocycles. The van der Waals surface area contributed by atoms with Gasteiger partial charge in [-0.05, 0) is 39.1 Å². The molecule has 0 atom stereocenters. The molecule has 0 aliphatic carbocycles.